The van der Waals surface area contributed by atoms with Gasteiger partial charge < -0.3 is 5.32 Å². The van der Waals surface area contributed by atoms with E-state index in [0.717, 1.165) is 16.4 Å². The van der Waals surface area contributed by atoms with Gasteiger partial charge in [0.2, 0.25) is 0 Å². The third kappa shape index (κ3) is 2.20. The Bertz CT molecular complexity index is 975. The minimum Gasteiger partial charge on any atom is -0.354 e. The molecule has 0 aliphatic carbocycles. The lowest BCUT2D eigenvalue weighted by Gasteiger charge is -2.13. The first-order valence-corrected chi connectivity index (χ1v) is 7.63. The summed E-state index contributed by atoms with van der Waals surface area (Å²) in [6, 6.07) is 26.9. The van der Waals surface area contributed by atoms with Crippen molar-refractivity contribution in [3.63, 3.8) is 0 Å². The second kappa shape index (κ2) is 5.36. The number of fused-ring (bicyclic) bond motifs is 3. The quantitative estimate of drug-likeness (QED) is 0.423. The fourth-order valence-electron chi connectivity index (χ4n) is 2.87. The normalized spacial score (nSPS) is 11.0. The van der Waals surface area contributed by atoms with Gasteiger partial charge in [0.05, 0.1) is 10.7 Å². The Morgan fingerprint density at radius 3 is 2.18 bits per heavy atom. The van der Waals surface area contributed by atoms with Gasteiger partial charge in [-0.25, -0.2) is 0 Å². The molecule has 0 spiro atoms. The Labute approximate surface area is 134 Å². The summed E-state index contributed by atoms with van der Waals surface area (Å²) >= 11 is 6.28. The molecule has 0 unspecified atom stereocenters. The lowest BCUT2D eigenvalue weighted by atomic mass is 10.0. The van der Waals surface area contributed by atoms with E-state index in [2.05, 4.69) is 59.9 Å². The number of benzene rings is 4. The van der Waals surface area contributed by atoms with Crippen molar-refractivity contribution in [3.8, 4) is 0 Å². The van der Waals surface area contributed by atoms with Crippen LogP contribution in [0.15, 0.2) is 78.9 Å². The molecule has 4 rings (SSSR count). The lowest BCUT2D eigenvalue weighted by Crippen LogP contribution is -1.92. The molecule has 106 valence electrons. The van der Waals surface area contributed by atoms with Crippen molar-refractivity contribution in [3.05, 3.63) is 83.9 Å². The van der Waals surface area contributed by atoms with Gasteiger partial charge in [-0.3, -0.25) is 0 Å². The molecule has 0 radical (unpaired) electrons. The summed E-state index contributed by atoms with van der Waals surface area (Å²) in [7, 11) is 0. The first-order valence-electron chi connectivity index (χ1n) is 7.25. The smallest absolute Gasteiger partial charge is 0.0640 e. The van der Waals surface area contributed by atoms with Crippen molar-refractivity contribution in [1.29, 1.82) is 0 Å². The standard InChI is InChI=1S/C20H14ClN/c21-17-9-3-4-10-18(17)22-19-11-5-7-15-13-12-14-6-1-2-8-16(14)20(15)19/h1-13,22H. The molecule has 1 N–H and O–H groups in total. The van der Waals surface area contributed by atoms with Gasteiger partial charge in [-0.05, 0) is 34.4 Å². The molecule has 0 aliphatic heterocycles. The Balaban J connectivity index is 1.98. The van der Waals surface area contributed by atoms with Crippen molar-refractivity contribution >= 4 is 44.5 Å². The monoisotopic (exact) mass is 303 g/mol. The fourth-order valence-corrected chi connectivity index (χ4v) is 3.05. The van der Waals surface area contributed by atoms with E-state index >= 15 is 0 Å². The Kier molecular flexibility index (Phi) is 3.21. The maximum Gasteiger partial charge on any atom is 0.0640 e. The number of nitrogens with one attached hydrogen (secondary N) is 1. The zero-order valence-electron chi connectivity index (χ0n) is 11.9. The number of para-hydroxylation sites is 1. The van der Waals surface area contributed by atoms with E-state index in [1.807, 2.05) is 24.3 Å². The van der Waals surface area contributed by atoms with Crippen molar-refractivity contribution in [2.24, 2.45) is 0 Å². The highest BCUT2D eigenvalue weighted by molar-refractivity contribution is 6.33. The zero-order chi connectivity index (χ0) is 14.9. The van der Waals surface area contributed by atoms with Crippen LogP contribution in [0.4, 0.5) is 11.4 Å². The van der Waals surface area contributed by atoms with E-state index in [-0.39, 0.29) is 0 Å². The largest absolute Gasteiger partial charge is 0.354 e. The molecule has 0 atom stereocenters. The van der Waals surface area contributed by atoms with E-state index < -0.39 is 0 Å². The van der Waals surface area contributed by atoms with Crippen LogP contribution < -0.4 is 5.32 Å². The fraction of sp³-hybridized carbons (Fsp3) is 0. The van der Waals surface area contributed by atoms with Crippen molar-refractivity contribution < 1.29 is 0 Å². The second-order valence-electron chi connectivity index (χ2n) is 5.30. The van der Waals surface area contributed by atoms with Gasteiger partial charge in [0.15, 0.2) is 0 Å². The van der Waals surface area contributed by atoms with Gasteiger partial charge in [-0.15, -0.1) is 0 Å². The van der Waals surface area contributed by atoms with E-state index in [1.54, 1.807) is 0 Å². The summed E-state index contributed by atoms with van der Waals surface area (Å²) in [5, 5.41) is 9.12. The molecular formula is C20H14ClN. The summed E-state index contributed by atoms with van der Waals surface area (Å²) < 4.78 is 0. The van der Waals surface area contributed by atoms with Crippen LogP contribution in [0, 0.1) is 0 Å². The maximum absolute atomic E-state index is 6.28. The Morgan fingerprint density at radius 1 is 0.591 bits per heavy atom. The molecule has 0 aliphatic rings. The Morgan fingerprint density at radius 2 is 1.27 bits per heavy atom. The minimum atomic E-state index is 0.722. The number of anilines is 2. The molecule has 0 aromatic heterocycles. The van der Waals surface area contributed by atoms with Crippen LogP contribution in [0.25, 0.3) is 21.5 Å². The van der Waals surface area contributed by atoms with Crippen LogP contribution in [0.5, 0.6) is 0 Å². The van der Waals surface area contributed by atoms with Crippen LogP contribution in [-0.2, 0) is 0 Å². The molecule has 0 fully saturated rings. The summed E-state index contributed by atoms with van der Waals surface area (Å²) in [6.45, 7) is 0. The number of rotatable bonds is 2. The molecule has 1 nitrogen and oxygen atoms in total. The molecule has 0 bridgehead atoms. The van der Waals surface area contributed by atoms with Crippen molar-refractivity contribution in [1.82, 2.24) is 0 Å². The van der Waals surface area contributed by atoms with Crippen LogP contribution >= 0.6 is 11.6 Å². The van der Waals surface area contributed by atoms with Gasteiger partial charge in [0, 0.05) is 11.1 Å². The maximum atomic E-state index is 6.28. The number of hydrogen-bond acceptors (Lipinski definition) is 1. The van der Waals surface area contributed by atoms with Gasteiger partial charge in [-0.2, -0.15) is 0 Å². The van der Waals surface area contributed by atoms with Crippen molar-refractivity contribution in [2.75, 3.05) is 5.32 Å². The van der Waals surface area contributed by atoms with Gasteiger partial charge in [0.25, 0.3) is 0 Å². The van der Waals surface area contributed by atoms with E-state index in [4.69, 9.17) is 11.6 Å². The van der Waals surface area contributed by atoms with Crippen LogP contribution in [-0.4, -0.2) is 0 Å². The number of hydrogen-bond donors (Lipinski definition) is 1. The topological polar surface area (TPSA) is 12.0 Å². The minimum absolute atomic E-state index is 0.722. The average molecular weight is 304 g/mol. The second-order valence-corrected chi connectivity index (χ2v) is 5.70. The van der Waals surface area contributed by atoms with E-state index in [9.17, 15) is 0 Å². The molecule has 0 amide bonds. The molecule has 0 saturated heterocycles. The molecule has 4 aromatic carbocycles. The predicted octanol–water partition coefficient (Wildman–Crippen LogP) is 6.39. The lowest BCUT2D eigenvalue weighted by molar-refractivity contribution is 1.58. The van der Waals surface area contributed by atoms with Crippen LogP contribution in [0.3, 0.4) is 0 Å². The highest BCUT2D eigenvalue weighted by Gasteiger charge is 2.07. The van der Waals surface area contributed by atoms with Gasteiger partial charge in [0.1, 0.15) is 0 Å². The van der Waals surface area contributed by atoms with Gasteiger partial charge >= 0.3 is 0 Å². The first-order chi connectivity index (χ1) is 10.8. The molecule has 4 aromatic rings. The van der Waals surface area contributed by atoms with Gasteiger partial charge in [-0.1, -0.05) is 72.3 Å². The molecule has 22 heavy (non-hydrogen) atoms. The summed E-state index contributed by atoms with van der Waals surface area (Å²) in [4.78, 5) is 0. The van der Waals surface area contributed by atoms with Crippen molar-refractivity contribution in [2.45, 2.75) is 0 Å². The third-order valence-corrected chi connectivity index (χ3v) is 4.24. The molecular weight excluding hydrogens is 290 g/mol. The average Bonchev–Trinajstić information content (AvgIpc) is 2.57. The summed E-state index contributed by atoms with van der Waals surface area (Å²) in [5.74, 6) is 0. The van der Waals surface area contributed by atoms with Crippen LogP contribution in [0.2, 0.25) is 5.02 Å². The molecule has 0 heterocycles. The third-order valence-electron chi connectivity index (χ3n) is 3.91. The number of halogens is 1. The molecule has 2 heteroatoms. The summed E-state index contributed by atoms with van der Waals surface area (Å²) in [5.41, 5.74) is 1.99. The highest BCUT2D eigenvalue weighted by atomic mass is 35.5. The van der Waals surface area contributed by atoms with Crippen LogP contribution in [0.1, 0.15) is 0 Å². The van der Waals surface area contributed by atoms with E-state index in [0.29, 0.717) is 0 Å². The zero-order valence-corrected chi connectivity index (χ0v) is 12.6. The first kappa shape index (κ1) is 13.2. The SMILES string of the molecule is Clc1ccccc1Nc1cccc2ccc3ccccc3c12. The predicted molar refractivity (Wildman–Crippen MR) is 96.2 cm³/mol. The highest BCUT2D eigenvalue weighted by Crippen LogP contribution is 2.34. The molecule has 0 saturated carbocycles. The summed E-state index contributed by atoms with van der Waals surface area (Å²) in [6.07, 6.45) is 0. The Hall–Kier alpha value is -2.51. The van der Waals surface area contributed by atoms with E-state index in [1.165, 1.54) is 21.5 Å².